The molecule has 0 saturated carbocycles. The third-order valence-electron chi connectivity index (χ3n) is 13.7. The molecule has 0 unspecified atom stereocenters. The van der Waals surface area contributed by atoms with Crippen molar-refractivity contribution in [2.45, 2.75) is 116 Å². The number of quaternary nitrogens is 1. The average molecular weight is 736 g/mol. The maximum Gasteiger partial charge on any atom is 0.135 e. The van der Waals surface area contributed by atoms with Crippen molar-refractivity contribution in [1.29, 1.82) is 0 Å². The van der Waals surface area contributed by atoms with Crippen LogP contribution < -0.4 is 4.74 Å². The zero-order valence-electron chi connectivity index (χ0n) is 33.6. The molecule has 4 nitrogen and oxygen atoms in total. The molecule has 9 rings (SSSR count). The quantitative estimate of drug-likeness (QED) is 0.0339. The zero-order chi connectivity index (χ0) is 37.6. The van der Waals surface area contributed by atoms with Crippen molar-refractivity contribution in [2.75, 3.05) is 26.8 Å². The van der Waals surface area contributed by atoms with Gasteiger partial charge in [0.25, 0.3) is 0 Å². The van der Waals surface area contributed by atoms with Gasteiger partial charge in [0.15, 0.2) is 0 Å². The van der Waals surface area contributed by atoms with Crippen LogP contribution in [0.3, 0.4) is 0 Å². The molecule has 0 aliphatic carbocycles. The number of piperidine rings is 3. The topological polar surface area (TPSA) is 31.4 Å². The van der Waals surface area contributed by atoms with Crippen LogP contribution >= 0.6 is 0 Å². The summed E-state index contributed by atoms with van der Waals surface area (Å²) in [7, 11) is 1.76. The molecular formula is C51H63N2O2+. The molecule has 55 heavy (non-hydrogen) atoms. The highest BCUT2D eigenvalue weighted by Crippen LogP contribution is 2.50. The van der Waals surface area contributed by atoms with Gasteiger partial charge in [-0.2, -0.15) is 0 Å². The van der Waals surface area contributed by atoms with Crippen molar-refractivity contribution in [3.05, 3.63) is 109 Å². The van der Waals surface area contributed by atoms with Gasteiger partial charge in [-0.1, -0.05) is 138 Å². The Labute approximate surface area is 329 Å². The van der Waals surface area contributed by atoms with Crippen LogP contribution in [0.15, 0.2) is 97.7 Å². The Morgan fingerprint density at radius 3 is 2.20 bits per heavy atom. The van der Waals surface area contributed by atoms with E-state index in [1.54, 1.807) is 7.11 Å². The molecule has 3 fully saturated rings. The van der Waals surface area contributed by atoms with Crippen molar-refractivity contribution in [3.8, 4) is 5.75 Å². The highest BCUT2D eigenvalue weighted by atomic mass is 16.5. The molecule has 3 saturated heterocycles. The summed E-state index contributed by atoms with van der Waals surface area (Å²) < 4.78 is 14.1. The van der Waals surface area contributed by atoms with Crippen molar-refractivity contribution >= 4 is 43.2 Å². The van der Waals surface area contributed by atoms with E-state index in [0.717, 1.165) is 53.7 Å². The lowest BCUT2D eigenvalue weighted by atomic mass is 9.71. The maximum absolute atomic E-state index is 7.30. The number of nitrogens with zero attached hydrogens (tertiary/aromatic N) is 2. The van der Waals surface area contributed by atoms with E-state index < -0.39 is 0 Å². The number of ether oxygens (including phenoxy) is 2. The van der Waals surface area contributed by atoms with Gasteiger partial charge >= 0.3 is 0 Å². The lowest BCUT2D eigenvalue weighted by Crippen LogP contribution is -2.67. The van der Waals surface area contributed by atoms with Crippen molar-refractivity contribution < 1.29 is 14.0 Å². The number of hydrogen-bond acceptors (Lipinski definition) is 3. The van der Waals surface area contributed by atoms with Crippen LogP contribution in [0.1, 0.15) is 114 Å². The van der Waals surface area contributed by atoms with Crippen LogP contribution in [-0.2, 0) is 11.3 Å². The first-order valence-electron chi connectivity index (χ1n) is 21.8. The second-order valence-electron chi connectivity index (χ2n) is 17.1. The molecule has 288 valence electrons. The molecule has 0 radical (unpaired) electrons. The molecule has 4 heterocycles. The first-order valence-corrected chi connectivity index (χ1v) is 21.8. The summed E-state index contributed by atoms with van der Waals surface area (Å²) in [5, 5.41) is 9.37. The highest BCUT2D eigenvalue weighted by molar-refractivity contribution is 6.23. The van der Waals surface area contributed by atoms with Gasteiger partial charge in [0.2, 0.25) is 0 Å². The summed E-state index contributed by atoms with van der Waals surface area (Å²) in [5.41, 5.74) is 3.74. The van der Waals surface area contributed by atoms with Crippen LogP contribution in [0.4, 0.5) is 0 Å². The number of rotatable bonds is 20. The molecule has 6 aromatic rings. The van der Waals surface area contributed by atoms with Gasteiger partial charge in [-0.15, -0.1) is 6.58 Å². The molecule has 4 heteroatoms. The van der Waals surface area contributed by atoms with Gasteiger partial charge < -0.3 is 14.0 Å². The van der Waals surface area contributed by atoms with Gasteiger partial charge in [0.1, 0.15) is 24.4 Å². The van der Waals surface area contributed by atoms with E-state index in [4.69, 9.17) is 14.5 Å². The number of pyridine rings is 1. The smallest absolute Gasteiger partial charge is 0.135 e. The van der Waals surface area contributed by atoms with Crippen LogP contribution in [0.2, 0.25) is 0 Å². The van der Waals surface area contributed by atoms with E-state index in [2.05, 4.69) is 92.4 Å². The second kappa shape index (κ2) is 17.4. The predicted molar refractivity (Wildman–Crippen MR) is 232 cm³/mol. The van der Waals surface area contributed by atoms with Crippen molar-refractivity contribution in [1.82, 2.24) is 4.98 Å². The molecule has 0 amide bonds. The predicted octanol–water partition coefficient (Wildman–Crippen LogP) is 13.5. The van der Waals surface area contributed by atoms with Gasteiger partial charge in [-0.25, -0.2) is 0 Å². The summed E-state index contributed by atoms with van der Waals surface area (Å²) in [6.45, 7) is 10.8. The Morgan fingerprint density at radius 2 is 1.47 bits per heavy atom. The van der Waals surface area contributed by atoms with E-state index in [9.17, 15) is 0 Å². The number of methoxy groups -OCH3 is 1. The van der Waals surface area contributed by atoms with Crippen LogP contribution in [0.5, 0.6) is 5.75 Å². The number of fused-ring (bicyclic) bond motifs is 4. The molecule has 0 spiro atoms. The lowest BCUT2D eigenvalue weighted by Gasteiger charge is -2.58. The first kappa shape index (κ1) is 37.9. The zero-order valence-corrected chi connectivity index (χ0v) is 33.6. The van der Waals surface area contributed by atoms with E-state index in [0.29, 0.717) is 17.9 Å². The summed E-state index contributed by atoms with van der Waals surface area (Å²) in [5.74, 6) is 2.04. The SMILES string of the molecule is C=C[C@H]1C[N@+]2(Cc3ccc4ccc5cccc6ccc3c4c56)CC[C@H]1C[C@H]2[C@H](OCCCCCCCCCCCCCC)c1ccnc2ccc(OC)cc12. The Balaban J connectivity index is 1.07. The fourth-order valence-corrected chi connectivity index (χ4v) is 10.7. The number of aromatic nitrogens is 1. The average Bonchev–Trinajstić information content (AvgIpc) is 3.23. The van der Waals surface area contributed by atoms with Gasteiger partial charge in [0.05, 0.1) is 25.7 Å². The van der Waals surface area contributed by atoms with E-state index in [1.807, 2.05) is 12.3 Å². The monoisotopic (exact) mass is 735 g/mol. The molecule has 5 atom stereocenters. The molecule has 3 aliphatic heterocycles. The third kappa shape index (κ3) is 7.87. The Hall–Kier alpha value is -3.99. The molecule has 1 aromatic heterocycles. The standard InChI is InChI=1S/C51H63N2O2/c1-4-6-7-8-9-10-11-12-13-14-15-16-32-55-51(45-28-30-52-47-27-25-43(54-3)34-46(45)47)48-33-41-29-31-53(48,35-37(41)5-2)36-42-23-22-40-21-20-38-18-17-19-39-24-26-44(42)50(40)49(38)39/h5,17-28,30,34,37,41,48,51H,2,4,6-16,29,31-33,35-36H2,1,3H3/q+1/t37-,41-,48-,51+,53-/m0/s1. The van der Waals surface area contributed by atoms with Crippen LogP contribution in [0, 0.1) is 11.8 Å². The number of unbranched alkanes of at least 4 members (excludes halogenated alkanes) is 11. The van der Waals surface area contributed by atoms with Gasteiger partial charge in [0, 0.05) is 42.5 Å². The molecule has 0 N–H and O–H groups in total. The van der Waals surface area contributed by atoms with E-state index in [-0.39, 0.29) is 6.10 Å². The third-order valence-corrected chi connectivity index (χ3v) is 13.7. The summed E-state index contributed by atoms with van der Waals surface area (Å²) in [4.78, 5) is 4.82. The molecule has 2 bridgehead atoms. The number of hydrogen-bond donors (Lipinski definition) is 0. The largest absolute Gasteiger partial charge is 0.497 e. The van der Waals surface area contributed by atoms with E-state index >= 15 is 0 Å². The minimum Gasteiger partial charge on any atom is -0.497 e. The normalized spacial score (nSPS) is 21.6. The molecule has 5 aromatic carbocycles. The fourth-order valence-electron chi connectivity index (χ4n) is 10.7. The summed E-state index contributed by atoms with van der Waals surface area (Å²) in [6.07, 6.45) is 22.8. The second-order valence-corrected chi connectivity index (χ2v) is 17.1. The maximum atomic E-state index is 7.30. The molecular weight excluding hydrogens is 673 g/mol. The van der Waals surface area contributed by atoms with Gasteiger partial charge in [-0.3, -0.25) is 4.98 Å². The fraction of sp³-hybridized carbons (Fsp3) is 0.471. The Kier molecular flexibility index (Phi) is 12.0. The summed E-state index contributed by atoms with van der Waals surface area (Å²) in [6, 6.07) is 29.8. The summed E-state index contributed by atoms with van der Waals surface area (Å²) >= 11 is 0. The minimum absolute atomic E-state index is 0.0290. The number of benzene rings is 5. The highest BCUT2D eigenvalue weighted by Gasteiger charge is 2.54. The lowest BCUT2D eigenvalue weighted by molar-refractivity contribution is -0.984. The van der Waals surface area contributed by atoms with Crippen LogP contribution in [-0.4, -0.2) is 42.3 Å². The first-order chi connectivity index (χ1) is 27.1. The van der Waals surface area contributed by atoms with Crippen molar-refractivity contribution in [3.63, 3.8) is 0 Å². The van der Waals surface area contributed by atoms with Crippen molar-refractivity contribution in [2.24, 2.45) is 11.8 Å². The molecule has 3 aliphatic rings. The van der Waals surface area contributed by atoms with E-state index in [1.165, 1.54) is 127 Å². The van der Waals surface area contributed by atoms with Crippen LogP contribution in [0.25, 0.3) is 43.2 Å². The van der Waals surface area contributed by atoms with Gasteiger partial charge in [-0.05, 0) is 74.5 Å². The Bertz CT molecular complexity index is 2180. The Morgan fingerprint density at radius 1 is 0.782 bits per heavy atom. The minimum atomic E-state index is -0.0290.